The predicted octanol–water partition coefficient (Wildman–Crippen LogP) is 4.93. The summed E-state index contributed by atoms with van der Waals surface area (Å²) in [5.41, 5.74) is 2.91. The van der Waals surface area contributed by atoms with E-state index >= 15 is 0 Å². The third-order valence-corrected chi connectivity index (χ3v) is 4.91. The Morgan fingerprint density at radius 1 is 0.935 bits per heavy atom. The number of halogens is 1. The van der Waals surface area contributed by atoms with Crippen molar-refractivity contribution in [2.24, 2.45) is 0 Å². The molecule has 1 aliphatic heterocycles. The Hall–Kier alpha value is -3.93. The normalized spacial score (nSPS) is 13.7. The molecule has 0 radical (unpaired) electrons. The zero-order valence-electron chi connectivity index (χ0n) is 17.2. The SMILES string of the molecule is CCOc1ccc(C2=C(Nc3ccc(F)cc3)C(=O)N(c3cccc(C)c3)C2=O)cc1. The molecule has 2 amide bonds. The average molecular weight is 416 g/mol. The van der Waals surface area contributed by atoms with Crippen LogP contribution in [-0.2, 0) is 9.59 Å². The first kappa shape index (κ1) is 20.3. The van der Waals surface area contributed by atoms with Crippen molar-refractivity contribution in [3.8, 4) is 5.75 Å². The fraction of sp³-hybridized carbons (Fsp3) is 0.120. The number of nitrogens with zero attached hydrogens (tertiary/aromatic N) is 1. The van der Waals surface area contributed by atoms with Crippen LogP contribution in [0.5, 0.6) is 5.75 Å². The van der Waals surface area contributed by atoms with E-state index in [2.05, 4.69) is 5.32 Å². The summed E-state index contributed by atoms with van der Waals surface area (Å²) in [6.45, 7) is 4.31. The molecule has 156 valence electrons. The molecular formula is C25H21FN2O3. The van der Waals surface area contributed by atoms with E-state index in [0.717, 1.165) is 10.5 Å². The highest BCUT2D eigenvalue weighted by molar-refractivity contribution is 6.46. The van der Waals surface area contributed by atoms with Gasteiger partial charge in [-0.1, -0.05) is 24.3 Å². The van der Waals surface area contributed by atoms with E-state index in [9.17, 15) is 14.0 Å². The van der Waals surface area contributed by atoms with Crippen molar-refractivity contribution in [2.75, 3.05) is 16.8 Å². The molecule has 1 heterocycles. The summed E-state index contributed by atoms with van der Waals surface area (Å²) in [5, 5.41) is 3.02. The van der Waals surface area contributed by atoms with Gasteiger partial charge in [0.15, 0.2) is 0 Å². The summed E-state index contributed by atoms with van der Waals surface area (Å²) in [7, 11) is 0. The van der Waals surface area contributed by atoms with Gasteiger partial charge in [0.2, 0.25) is 0 Å². The first-order valence-electron chi connectivity index (χ1n) is 9.93. The molecule has 0 spiro atoms. The van der Waals surface area contributed by atoms with Crippen molar-refractivity contribution in [3.05, 3.63) is 95.4 Å². The molecule has 0 aromatic heterocycles. The van der Waals surface area contributed by atoms with E-state index in [-0.39, 0.29) is 17.1 Å². The van der Waals surface area contributed by atoms with Crippen molar-refractivity contribution >= 4 is 28.8 Å². The zero-order chi connectivity index (χ0) is 22.0. The van der Waals surface area contributed by atoms with E-state index in [0.29, 0.717) is 29.3 Å². The third-order valence-electron chi connectivity index (χ3n) is 4.91. The van der Waals surface area contributed by atoms with Gasteiger partial charge in [-0.3, -0.25) is 9.59 Å². The van der Waals surface area contributed by atoms with Crippen LogP contribution in [0.25, 0.3) is 5.57 Å². The number of aryl methyl sites for hydroxylation is 1. The van der Waals surface area contributed by atoms with Crippen LogP contribution >= 0.6 is 0 Å². The number of imide groups is 1. The summed E-state index contributed by atoms with van der Waals surface area (Å²) in [6.07, 6.45) is 0. The standard InChI is InChI=1S/C25H21FN2O3/c1-3-31-21-13-7-17(8-14-21)22-23(27-19-11-9-18(26)10-12-19)25(30)28(24(22)29)20-6-4-5-16(2)15-20/h4-15,27H,3H2,1-2H3. The Bertz CT molecular complexity index is 1170. The minimum absolute atomic E-state index is 0.141. The summed E-state index contributed by atoms with van der Waals surface area (Å²) in [4.78, 5) is 27.9. The topological polar surface area (TPSA) is 58.6 Å². The number of carbonyl (C=O) groups excluding carboxylic acids is 2. The van der Waals surface area contributed by atoms with Crippen LogP contribution in [0.15, 0.2) is 78.5 Å². The minimum atomic E-state index is -0.469. The lowest BCUT2D eigenvalue weighted by Gasteiger charge is -2.16. The molecule has 0 aliphatic carbocycles. The Labute approximate surface area is 179 Å². The summed E-state index contributed by atoms with van der Waals surface area (Å²) >= 11 is 0. The zero-order valence-corrected chi connectivity index (χ0v) is 17.2. The Kier molecular flexibility index (Phi) is 5.54. The molecule has 0 saturated heterocycles. The maximum atomic E-state index is 13.4. The molecule has 0 atom stereocenters. The smallest absolute Gasteiger partial charge is 0.282 e. The molecule has 1 N–H and O–H groups in total. The van der Waals surface area contributed by atoms with Gasteiger partial charge < -0.3 is 10.1 Å². The van der Waals surface area contributed by atoms with Gasteiger partial charge in [-0.25, -0.2) is 9.29 Å². The number of benzene rings is 3. The maximum Gasteiger partial charge on any atom is 0.282 e. The first-order chi connectivity index (χ1) is 15.0. The number of nitrogens with one attached hydrogen (secondary N) is 1. The number of hydrogen-bond acceptors (Lipinski definition) is 4. The van der Waals surface area contributed by atoms with Crippen molar-refractivity contribution in [2.45, 2.75) is 13.8 Å². The summed E-state index contributed by atoms with van der Waals surface area (Å²) < 4.78 is 18.8. The van der Waals surface area contributed by atoms with Gasteiger partial charge in [-0.2, -0.15) is 0 Å². The molecule has 0 saturated carbocycles. The third kappa shape index (κ3) is 4.05. The monoisotopic (exact) mass is 416 g/mol. The number of rotatable bonds is 6. The number of anilines is 2. The van der Waals surface area contributed by atoms with Crippen molar-refractivity contribution in [1.29, 1.82) is 0 Å². The number of carbonyl (C=O) groups is 2. The van der Waals surface area contributed by atoms with E-state index in [1.165, 1.54) is 24.3 Å². The highest BCUT2D eigenvalue weighted by Crippen LogP contribution is 2.34. The number of hydrogen-bond donors (Lipinski definition) is 1. The first-order valence-corrected chi connectivity index (χ1v) is 9.93. The Balaban J connectivity index is 1.79. The van der Waals surface area contributed by atoms with Crippen LogP contribution < -0.4 is 15.0 Å². The quantitative estimate of drug-likeness (QED) is 0.579. The van der Waals surface area contributed by atoms with Gasteiger partial charge in [-0.15, -0.1) is 0 Å². The van der Waals surface area contributed by atoms with Gasteiger partial charge in [0, 0.05) is 5.69 Å². The van der Waals surface area contributed by atoms with Crippen LogP contribution in [0.4, 0.5) is 15.8 Å². The fourth-order valence-corrected chi connectivity index (χ4v) is 3.48. The van der Waals surface area contributed by atoms with Gasteiger partial charge in [-0.05, 0) is 73.5 Å². The molecule has 1 aliphatic rings. The lowest BCUT2D eigenvalue weighted by molar-refractivity contribution is -0.120. The summed E-state index contributed by atoms with van der Waals surface area (Å²) in [6, 6.07) is 19.8. The summed E-state index contributed by atoms with van der Waals surface area (Å²) in [5.74, 6) is -0.609. The van der Waals surface area contributed by atoms with E-state index in [1.807, 2.05) is 19.9 Å². The molecule has 3 aromatic carbocycles. The number of amides is 2. The van der Waals surface area contributed by atoms with Gasteiger partial charge in [0.05, 0.1) is 17.9 Å². The van der Waals surface area contributed by atoms with Gasteiger partial charge >= 0.3 is 0 Å². The molecule has 6 heteroatoms. The predicted molar refractivity (Wildman–Crippen MR) is 118 cm³/mol. The minimum Gasteiger partial charge on any atom is -0.494 e. The molecule has 0 bridgehead atoms. The van der Waals surface area contributed by atoms with Crippen molar-refractivity contribution in [3.63, 3.8) is 0 Å². The second-order valence-corrected chi connectivity index (χ2v) is 7.12. The van der Waals surface area contributed by atoms with Crippen LogP contribution in [0, 0.1) is 12.7 Å². The van der Waals surface area contributed by atoms with Gasteiger partial charge in [0.1, 0.15) is 17.3 Å². The van der Waals surface area contributed by atoms with Crippen LogP contribution in [-0.4, -0.2) is 18.4 Å². The van der Waals surface area contributed by atoms with E-state index in [1.54, 1.807) is 42.5 Å². The van der Waals surface area contributed by atoms with Crippen LogP contribution in [0.2, 0.25) is 0 Å². The molecule has 3 aromatic rings. The van der Waals surface area contributed by atoms with Crippen molar-refractivity contribution in [1.82, 2.24) is 0 Å². The fourth-order valence-electron chi connectivity index (χ4n) is 3.48. The highest BCUT2D eigenvalue weighted by atomic mass is 19.1. The van der Waals surface area contributed by atoms with E-state index in [4.69, 9.17) is 4.74 Å². The number of ether oxygens (including phenoxy) is 1. The average Bonchev–Trinajstić information content (AvgIpc) is 3.00. The molecular weight excluding hydrogens is 395 g/mol. The Morgan fingerprint density at radius 3 is 2.29 bits per heavy atom. The van der Waals surface area contributed by atoms with E-state index < -0.39 is 11.8 Å². The van der Waals surface area contributed by atoms with Crippen molar-refractivity contribution < 1.29 is 18.7 Å². The lowest BCUT2D eigenvalue weighted by atomic mass is 10.0. The molecule has 0 unspecified atom stereocenters. The largest absolute Gasteiger partial charge is 0.494 e. The maximum absolute atomic E-state index is 13.4. The molecule has 0 fully saturated rings. The second kappa shape index (κ2) is 8.44. The highest BCUT2D eigenvalue weighted by Gasteiger charge is 2.40. The Morgan fingerprint density at radius 2 is 1.65 bits per heavy atom. The lowest BCUT2D eigenvalue weighted by Crippen LogP contribution is -2.32. The molecule has 31 heavy (non-hydrogen) atoms. The molecule has 5 nitrogen and oxygen atoms in total. The van der Waals surface area contributed by atoms with Gasteiger partial charge in [0.25, 0.3) is 11.8 Å². The molecule has 4 rings (SSSR count). The van der Waals surface area contributed by atoms with Crippen LogP contribution in [0.1, 0.15) is 18.1 Å². The van der Waals surface area contributed by atoms with Crippen LogP contribution in [0.3, 0.4) is 0 Å². The second-order valence-electron chi connectivity index (χ2n) is 7.12.